The molecule has 0 saturated carbocycles. The normalized spacial score (nSPS) is 11.9. The van der Waals surface area contributed by atoms with Gasteiger partial charge in [0.1, 0.15) is 0 Å². The van der Waals surface area contributed by atoms with Gasteiger partial charge in [-0.05, 0) is 35.7 Å². The van der Waals surface area contributed by atoms with E-state index in [-0.39, 0.29) is 17.7 Å². The topological polar surface area (TPSA) is 46.2 Å². The van der Waals surface area contributed by atoms with Crippen LogP contribution in [-0.2, 0) is 11.2 Å². The predicted octanol–water partition coefficient (Wildman–Crippen LogP) is 3.41. The summed E-state index contributed by atoms with van der Waals surface area (Å²) in [5.74, 6) is 0.682. The summed E-state index contributed by atoms with van der Waals surface area (Å²) in [5.41, 5.74) is 1.94. The lowest BCUT2D eigenvalue weighted by Gasteiger charge is -2.12. The Balaban J connectivity index is 1.66. The highest BCUT2D eigenvalue weighted by Gasteiger charge is 2.10. The van der Waals surface area contributed by atoms with Gasteiger partial charge in [0.05, 0.1) is 11.5 Å². The van der Waals surface area contributed by atoms with Crippen LogP contribution < -0.4 is 5.32 Å². The molecule has 0 aliphatic rings. The van der Waals surface area contributed by atoms with E-state index < -0.39 is 0 Å². The van der Waals surface area contributed by atoms with Crippen LogP contribution >= 0.6 is 23.1 Å². The first-order valence-electron chi connectivity index (χ1n) is 7.11. The van der Waals surface area contributed by atoms with Gasteiger partial charge in [0, 0.05) is 11.6 Å². The van der Waals surface area contributed by atoms with Crippen LogP contribution in [0, 0.1) is 0 Å². The molecule has 1 amide bonds. The molecule has 0 saturated heterocycles. The van der Waals surface area contributed by atoms with Crippen LogP contribution in [0.15, 0.2) is 47.2 Å². The summed E-state index contributed by atoms with van der Waals surface area (Å²) in [5, 5.41) is 7.10. The van der Waals surface area contributed by atoms with Gasteiger partial charge in [0.25, 0.3) is 0 Å². The van der Waals surface area contributed by atoms with Crippen molar-refractivity contribution in [2.75, 3.05) is 11.5 Å². The second-order valence-corrected chi connectivity index (χ2v) is 6.85. The number of nitrogens with one attached hydrogen (secondary N) is 1. The predicted molar refractivity (Wildman–Crippen MR) is 93.7 cm³/mol. The third-order valence-electron chi connectivity index (χ3n) is 3.09. The van der Waals surface area contributed by atoms with Crippen molar-refractivity contribution >= 4 is 34.8 Å². The number of carbonyl (C=O) groups is 2. The van der Waals surface area contributed by atoms with Crippen molar-refractivity contribution < 1.29 is 9.59 Å². The zero-order valence-corrected chi connectivity index (χ0v) is 14.1. The van der Waals surface area contributed by atoms with Gasteiger partial charge in [-0.3, -0.25) is 9.59 Å². The molecule has 0 aliphatic carbocycles. The molecule has 5 heteroatoms. The van der Waals surface area contributed by atoms with E-state index in [1.807, 2.05) is 30.5 Å². The lowest BCUT2D eigenvalue weighted by atomic mass is 10.1. The molecule has 3 nitrogen and oxygen atoms in total. The van der Waals surface area contributed by atoms with Crippen molar-refractivity contribution in [2.45, 2.75) is 19.4 Å². The maximum atomic E-state index is 11.9. The minimum Gasteiger partial charge on any atom is -0.353 e. The van der Waals surface area contributed by atoms with E-state index in [2.05, 4.69) is 16.8 Å². The maximum Gasteiger partial charge on any atom is 0.230 e. The Morgan fingerprint density at radius 2 is 1.95 bits per heavy atom. The Bertz CT molecular complexity index is 596. The van der Waals surface area contributed by atoms with Crippen LogP contribution in [0.5, 0.6) is 0 Å². The molecule has 2 aromatic rings. The largest absolute Gasteiger partial charge is 0.353 e. The highest BCUT2D eigenvalue weighted by Crippen LogP contribution is 2.10. The van der Waals surface area contributed by atoms with Gasteiger partial charge >= 0.3 is 0 Å². The second kappa shape index (κ2) is 8.76. The average molecular weight is 333 g/mol. The number of amides is 1. The average Bonchev–Trinajstić information content (AvgIpc) is 3.00. The van der Waals surface area contributed by atoms with Gasteiger partial charge < -0.3 is 5.32 Å². The van der Waals surface area contributed by atoms with Crippen LogP contribution in [0.2, 0.25) is 0 Å². The summed E-state index contributed by atoms with van der Waals surface area (Å²) in [6.07, 6.45) is 0.836. The number of rotatable bonds is 8. The van der Waals surface area contributed by atoms with Gasteiger partial charge in [-0.2, -0.15) is 11.3 Å². The van der Waals surface area contributed by atoms with Crippen LogP contribution in [0.4, 0.5) is 0 Å². The van der Waals surface area contributed by atoms with Crippen molar-refractivity contribution in [1.29, 1.82) is 0 Å². The lowest BCUT2D eigenvalue weighted by Crippen LogP contribution is -2.35. The van der Waals surface area contributed by atoms with E-state index in [0.717, 1.165) is 6.42 Å². The van der Waals surface area contributed by atoms with Crippen molar-refractivity contribution in [2.24, 2.45) is 0 Å². The summed E-state index contributed by atoms with van der Waals surface area (Å²) in [6, 6.07) is 11.3. The molecular formula is C17H19NO2S2. The van der Waals surface area contributed by atoms with E-state index in [0.29, 0.717) is 17.1 Å². The smallest absolute Gasteiger partial charge is 0.230 e. The Labute approximate surface area is 139 Å². The summed E-state index contributed by atoms with van der Waals surface area (Å²) in [7, 11) is 0. The number of thioether (sulfide) groups is 1. The SMILES string of the molecule is CC(Cc1ccsc1)NC(=O)CSCC(=O)c1ccccc1. The van der Waals surface area contributed by atoms with Crippen LogP contribution in [0.25, 0.3) is 0 Å². The first-order valence-corrected chi connectivity index (χ1v) is 9.21. The number of ketones is 1. The monoisotopic (exact) mass is 333 g/mol. The number of thiophene rings is 1. The van der Waals surface area contributed by atoms with E-state index in [4.69, 9.17) is 0 Å². The van der Waals surface area contributed by atoms with Gasteiger partial charge in [-0.25, -0.2) is 0 Å². The molecule has 1 N–H and O–H groups in total. The van der Waals surface area contributed by atoms with E-state index >= 15 is 0 Å². The molecule has 116 valence electrons. The van der Waals surface area contributed by atoms with Crippen molar-refractivity contribution in [3.05, 3.63) is 58.3 Å². The van der Waals surface area contributed by atoms with Gasteiger partial charge in [0.2, 0.25) is 5.91 Å². The summed E-state index contributed by atoms with van der Waals surface area (Å²) in [4.78, 5) is 23.8. The molecule has 1 unspecified atom stereocenters. The number of Topliss-reactive ketones (excluding diaryl/α,β-unsaturated/α-hetero) is 1. The molecule has 1 aromatic carbocycles. The summed E-state index contributed by atoms with van der Waals surface area (Å²) < 4.78 is 0. The molecule has 2 rings (SSSR count). The van der Waals surface area contributed by atoms with Gasteiger partial charge in [-0.15, -0.1) is 11.8 Å². The quantitative estimate of drug-likeness (QED) is 0.753. The number of benzene rings is 1. The highest BCUT2D eigenvalue weighted by atomic mass is 32.2. The minimum absolute atomic E-state index is 0.0198. The molecule has 0 radical (unpaired) electrons. The second-order valence-electron chi connectivity index (χ2n) is 5.09. The molecule has 1 atom stereocenters. The third kappa shape index (κ3) is 5.66. The zero-order valence-electron chi connectivity index (χ0n) is 12.5. The fourth-order valence-electron chi connectivity index (χ4n) is 2.07. The van der Waals surface area contributed by atoms with Crippen molar-refractivity contribution in [1.82, 2.24) is 5.32 Å². The molecule has 1 aromatic heterocycles. The fourth-order valence-corrected chi connectivity index (χ4v) is 3.48. The van der Waals surface area contributed by atoms with E-state index in [1.165, 1.54) is 17.3 Å². The Morgan fingerprint density at radius 1 is 1.18 bits per heavy atom. The van der Waals surface area contributed by atoms with Gasteiger partial charge in [-0.1, -0.05) is 30.3 Å². The van der Waals surface area contributed by atoms with Crippen LogP contribution in [0.1, 0.15) is 22.8 Å². The minimum atomic E-state index is -0.0198. The molecule has 0 fully saturated rings. The Kier molecular flexibility index (Phi) is 6.68. The molecule has 22 heavy (non-hydrogen) atoms. The number of hydrogen-bond acceptors (Lipinski definition) is 4. The fraction of sp³-hybridized carbons (Fsp3) is 0.294. The first-order chi connectivity index (χ1) is 10.6. The molecular weight excluding hydrogens is 314 g/mol. The zero-order chi connectivity index (χ0) is 15.8. The van der Waals surface area contributed by atoms with Crippen LogP contribution in [-0.4, -0.2) is 29.2 Å². The molecule has 0 aliphatic heterocycles. The molecule has 0 bridgehead atoms. The molecule has 1 heterocycles. The summed E-state index contributed by atoms with van der Waals surface area (Å²) in [6.45, 7) is 2.00. The summed E-state index contributed by atoms with van der Waals surface area (Å²) >= 11 is 3.02. The van der Waals surface area contributed by atoms with E-state index in [9.17, 15) is 9.59 Å². The number of hydrogen-bond donors (Lipinski definition) is 1. The Hall–Kier alpha value is -1.59. The van der Waals surface area contributed by atoms with Gasteiger partial charge in [0.15, 0.2) is 5.78 Å². The Morgan fingerprint density at radius 3 is 2.64 bits per heavy atom. The van der Waals surface area contributed by atoms with Crippen molar-refractivity contribution in [3.63, 3.8) is 0 Å². The third-order valence-corrected chi connectivity index (χ3v) is 4.76. The number of carbonyl (C=O) groups excluding carboxylic acids is 2. The standard InChI is InChI=1S/C17H19NO2S2/c1-13(9-14-7-8-21-10-14)18-17(20)12-22-11-16(19)15-5-3-2-4-6-15/h2-8,10,13H,9,11-12H2,1H3,(H,18,20). The lowest BCUT2D eigenvalue weighted by molar-refractivity contribution is -0.119. The van der Waals surface area contributed by atoms with Crippen LogP contribution in [0.3, 0.4) is 0 Å². The van der Waals surface area contributed by atoms with E-state index in [1.54, 1.807) is 23.5 Å². The maximum absolute atomic E-state index is 11.9. The highest BCUT2D eigenvalue weighted by molar-refractivity contribution is 8.00. The molecule has 0 spiro atoms. The van der Waals surface area contributed by atoms with Crippen molar-refractivity contribution in [3.8, 4) is 0 Å². The first kappa shape index (κ1) is 16.8.